The van der Waals surface area contributed by atoms with Crippen LogP contribution in [0.15, 0.2) is 53.6 Å². The second kappa shape index (κ2) is 5.30. The minimum absolute atomic E-state index is 0.227. The maximum atomic E-state index is 12.8. The Morgan fingerprint density at radius 2 is 1.90 bits per heavy atom. The number of aromatic nitrogens is 2. The second-order valence-corrected chi connectivity index (χ2v) is 7.19. The van der Waals surface area contributed by atoms with Gasteiger partial charge in [-0.3, -0.25) is 0 Å². The van der Waals surface area contributed by atoms with Crippen molar-refractivity contribution >= 4 is 43.6 Å². The van der Waals surface area contributed by atoms with E-state index in [4.69, 9.17) is 4.74 Å². The SMILES string of the molecule is COc1ccnc2c1cc(I)n2S(=O)(=O)c1ccccc1. The van der Waals surface area contributed by atoms with E-state index in [1.807, 2.05) is 22.6 Å². The van der Waals surface area contributed by atoms with Gasteiger partial charge >= 0.3 is 0 Å². The molecule has 0 aliphatic carbocycles. The van der Waals surface area contributed by atoms with Gasteiger partial charge in [0.2, 0.25) is 0 Å². The minimum atomic E-state index is -3.69. The lowest BCUT2D eigenvalue weighted by Gasteiger charge is -2.08. The number of rotatable bonds is 3. The molecule has 0 aliphatic rings. The second-order valence-electron chi connectivity index (χ2n) is 4.30. The number of hydrogen-bond donors (Lipinski definition) is 0. The van der Waals surface area contributed by atoms with Crippen LogP contribution in [-0.2, 0) is 10.0 Å². The molecule has 3 aromatic rings. The number of hydrogen-bond acceptors (Lipinski definition) is 4. The molecular formula is C14H11IN2O3S. The number of benzene rings is 1. The van der Waals surface area contributed by atoms with E-state index in [1.54, 1.807) is 49.6 Å². The third-order valence-electron chi connectivity index (χ3n) is 3.08. The van der Waals surface area contributed by atoms with Crippen molar-refractivity contribution in [2.45, 2.75) is 4.90 Å². The summed E-state index contributed by atoms with van der Waals surface area (Å²) in [6.07, 6.45) is 1.54. The molecular weight excluding hydrogens is 403 g/mol. The number of methoxy groups -OCH3 is 1. The Balaban J connectivity index is 2.34. The molecule has 0 saturated heterocycles. The fraction of sp³-hybridized carbons (Fsp3) is 0.0714. The lowest BCUT2D eigenvalue weighted by Crippen LogP contribution is -2.14. The van der Waals surface area contributed by atoms with Crippen LogP contribution in [0.4, 0.5) is 0 Å². The summed E-state index contributed by atoms with van der Waals surface area (Å²) >= 11 is 1.99. The van der Waals surface area contributed by atoms with E-state index in [9.17, 15) is 8.42 Å². The van der Waals surface area contributed by atoms with Crippen LogP contribution in [-0.4, -0.2) is 24.5 Å². The number of ether oxygens (including phenoxy) is 1. The van der Waals surface area contributed by atoms with Crippen LogP contribution in [0, 0.1) is 3.70 Å². The molecule has 2 heterocycles. The van der Waals surface area contributed by atoms with E-state index in [2.05, 4.69) is 4.98 Å². The van der Waals surface area contributed by atoms with Crippen LogP contribution in [0.3, 0.4) is 0 Å². The van der Waals surface area contributed by atoms with Gasteiger partial charge in [-0.05, 0) is 46.9 Å². The molecule has 0 bridgehead atoms. The number of pyridine rings is 1. The van der Waals surface area contributed by atoms with Gasteiger partial charge in [-0.25, -0.2) is 17.4 Å². The van der Waals surface area contributed by atoms with Crippen LogP contribution in [0.25, 0.3) is 11.0 Å². The Morgan fingerprint density at radius 3 is 2.57 bits per heavy atom. The van der Waals surface area contributed by atoms with Crippen molar-refractivity contribution in [3.63, 3.8) is 0 Å². The van der Waals surface area contributed by atoms with E-state index in [0.29, 0.717) is 20.5 Å². The van der Waals surface area contributed by atoms with Crippen LogP contribution in [0.5, 0.6) is 5.75 Å². The molecule has 0 radical (unpaired) electrons. The summed E-state index contributed by atoms with van der Waals surface area (Å²) < 4.78 is 32.7. The van der Waals surface area contributed by atoms with Gasteiger partial charge in [0, 0.05) is 6.20 Å². The molecule has 108 valence electrons. The fourth-order valence-corrected chi connectivity index (χ4v) is 4.81. The molecule has 0 N–H and O–H groups in total. The Bertz CT molecular complexity index is 905. The first-order valence-electron chi connectivity index (χ1n) is 6.06. The molecule has 5 nitrogen and oxygen atoms in total. The van der Waals surface area contributed by atoms with Gasteiger partial charge in [-0.15, -0.1) is 0 Å². The van der Waals surface area contributed by atoms with Crippen molar-refractivity contribution < 1.29 is 13.2 Å². The van der Waals surface area contributed by atoms with Gasteiger partial charge in [-0.2, -0.15) is 0 Å². The van der Waals surface area contributed by atoms with Crippen molar-refractivity contribution in [1.29, 1.82) is 0 Å². The van der Waals surface area contributed by atoms with Crippen molar-refractivity contribution in [1.82, 2.24) is 8.96 Å². The van der Waals surface area contributed by atoms with E-state index in [1.165, 1.54) is 10.2 Å². The highest BCUT2D eigenvalue weighted by Crippen LogP contribution is 2.30. The molecule has 0 saturated carbocycles. The van der Waals surface area contributed by atoms with Gasteiger partial charge in [0.15, 0.2) is 5.65 Å². The van der Waals surface area contributed by atoms with Crippen LogP contribution in [0.2, 0.25) is 0 Å². The Labute approximate surface area is 135 Å². The van der Waals surface area contributed by atoms with E-state index >= 15 is 0 Å². The molecule has 0 spiro atoms. The summed E-state index contributed by atoms with van der Waals surface area (Å²) in [6, 6.07) is 11.8. The molecule has 0 unspecified atom stereocenters. The zero-order chi connectivity index (χ0) is 15.0. The Hall–Kier alpha value is -1.61. The van der Waals surface area contributed by atoms with Crippen molar-refractivity contribution in [2.75, 3.05) is 7.11 Å². The maximum absolute atomic E-state index is 12.8. The van der Waals surface area contributed by atoms with E-state index in [0.717, 1.165) is 0 Å². The van der Waals surface area contributed by atoms with Gasteiger partial charge in [0.05, 0.1) is 21.1 Å². The van der Waals surface area contributed by atoms with Crippen molar-refractivity contribution in [3.8, 4) is 5.75 Å². The summed E-state index contributed by atoms with van der Waals surface area (Å²) in [5, 5.41) is 0.670. The molecule has 0 atom stereocenters. The van der Waals surface area contributed by atoms with Crippen molar-refractivity contribution in [2.24, 2.45) is 0 Å². The average molecular weight is 414 g/mol. The lowest BCUT2D eigenvalue weighted by atomic mass is 10.3. The number of fused-ring (bicyclic) bond motifs is 1. The molecule has 21 heavy (non-hydrogen) atoms. The van der Waals surface area contributed by atoms with Crippen LogP contribution >= 0.6 is 22.6 Å². The Morgan fingerprint density at radius 1 is 1.19 bits per heavy atom. The van der Waals surface area contributed by atoms with Gasteiger partial charge in [0.25, 0.3) is 10.0 Å². The lowest BCUT2D eigenvalue weighted by molar-refractivity contribution is 0.419. The standard InChI is InChI=1S/C14H11IN2O3S/c1-20-12-7-8-16-14-11(12)9-13(15)17(14)21(18,19)10-5-3-2-4-6-10/h2-9H,1H3. The molecule has 2 aromatic heterocycles. The zero-order valence-corrected chi connectivity index (χ0v) is 14.0. The third-order valence-corrected chi connectivity index (χ3v) is 5.92. The molecule has 0 aliphatic heterocycles. The zero-order valence-electron chi connectivity index (χ0n) is 11.0. The quantitative estimate of drug-likeness (QED) is 0.619. The topological polar surface area (TPSA) is 61.2 Å². The average Bonchev–Trinajstić information content (AvgIpc) is 2.84. The molecule has 0 fully saturated rings. The summed E-state index contributed by atoms with van der Waals surface area (Å²) in [4.78, 5) is 4.43. The summed E-state index contributed by atoms with van der Waals surface area (Å²) in [7, 11) is -2.14. The molecule has 0 amide bonds. The third kappa shape index (κ3) is 2.30. The first-order chi connectivity index (χ1) is 10.1. The normalized spacial score (nSPS) is 11.7. The van der Waals surface area contributed by atoms with Gasteiger partial charge < -0.3 is 4.74 Å². The largest absolute Gasteiger partial charge is 0.496 e. The predicted octanol–water partition coefficient (Wildman–Crippen LogP) is 2.89. The maximum Gasteiger partial charge on any atom is 0.270 e. The van der Waals surface area contributed by atoms with Gasteiger partial charge in [-0.1, -0.05) is 18.2 Å². The summed E-state index contributed by atoms with van der Waals surface area (Å²) in [5.74, 6) is 0.597. The smallest absolute Gasteiger partial charge is 0.270 e. The van der Waals surface area contributed by atoms with Crippen LogP contribution in [0.1, 0.15) is 0 Å². The van der Waals surface area contributed by atoms with Gasteiger partial charge in [0.1, 0.15) is 5.75 Å². The first kappa shape index (κ1) is 14.3. The number of nitrogens with zero attached hydrogens (tertiary/aromatic N) is 2. The monoisotopic (exact) mass is 414 g/mol. The summed E-state index contributed by atoms with van der Waals surface area (Å²) in [6.45, 7) is 0. The summed E-state index contributed by atoms with van der Waals surface area (Å²) in [5.41, 5.74) is 0.364. The molecule has 1 aromatic carbocycles. The molecule has 3 rings (SSSR count). The van der Waals surface area contributed by atoms with Crippen molar-refractivity contribution in [3.05, 3.63) is 52.4 Å². The fourth-order valence-electron chi connectivity index (χ4n) is 2.13. The molecule has 7 heteroatoms. The van der Waals surface area contributed by atoms with Crippen LogP contribution < -0.4 is 4.74 Å². The highest BCUT2D eigenvalue weighted by Gasteiger charge is 2.23. The van der Waals surface area contributed by atoms with E-state index in [-0.39, 0.29) is 4.90 Å². The Kier molecular flexibility index (Phi) is 3.62. The highest BCUT2D eigenvalue weighted by molar-refractivity contribution is 14.1. The first-order valence-corrected chi connectivity index (χ1v) is 8.58. The highest BCUT2D eigenvalue weighted by atomic mass is 127. The predicted molar refractivity (Wildman–Crippen MR) is 88.0 cm³/mol. The minimum Gasteiger partial charge on any atom is -0.496 e. The number of halogens is 1. The van der Waals surface area contributed by atoms with E-state index < -0.39 is 10.0 Å².